The summed E-state index contributed by atoms with van der Waals surface area (Å²) in [6.07, 6.45) is 1.10. The highest BCUT2D eigenvalue weighted by atomic mass is 32.2. The number of hydrogen-bond donors (Lipinski definition) is 1. The van der Waals surface area contributed by atoms with E-state index in [1.165, 1.54) is 0 Å². The predicted molar refractivity (Wildman–Crippen MR) is 73.5 cm³/mol. The molecule has 2 atom stereocenters. The molecule has 0 spiro atoms. The highest BCUT2D eigenvalue weighted by molar-refractivity contribution is 7.91. The molecular formula is C12H24N2O4S. The van der Waals surface area contributed by atoms with Crippen LogP contribution in [0.1, 0.15) is 26.7 Å². The highest BCUT2D eigenvalue weighted by Gasteiger charge is 2.33. The molecule has 7 heteroatoms. The van der Waals surface area contributed by atoms with Crippen LogP contribution in [0.4, 0.5) is 0 Å². The molecule has 0 aromatic heterocycles. The number of ether oxygens (including phenoxy) is 1. The van der Waals surface area contributed by atoms with Gasteiger partial charge in [-0.25, -0.2) is 8.42 Å². The van der Waals surface area contributed by atoms with Gasteiger partial charge in [0.15, 0.2) is 9.84 Å². The molecule has 0 amide bonds. The number of nitrogens with zero attached hydrogens (tertiary/aromatic N) is 1. The largest absolute Gasteiger partial charge is 0.465 e. The molecule has 2 unspecified atom stereocenters. The molecule has 1 heterocycles. The first-order valence-electron chi connectivity index (χ1n) is 6.55. The summed E-state index contributed by atoms with van der Waals surface area (Å²) in [5.41, 5.74) is 4.90. The van der Waals surface area contributed by atoms with Gasteiger partial charge in [-0.2, -0.15) is 0 Å². The van der Waals surface area contributed by atoms with Crippen molar-refractivity contribution in [2.24, 2.45) is 5.73 Å². The van der Waals surface area contributed by atoms with Crippen molar-refractivity contribution in [1.82, 2.24) is 4.90 Å². The molecule has 1 aliphatic heterocycles. The number of carbonyl (C=O) groups excluding carboxylic acids is 1. The molecule has 0 saturated carbocycles. The van der Waals surface area contributed by atoms with Crippen molar-refractivity contribution < 1.29 is 17.9 Å². The molecular weight excluding hydrogens is 268 g/mol. The summed E-state index contributed by atoms with van der Waals surface area (Å²) in [5, 5.41) is 0. The highest BCUT2D eigenvalue weighted by Crippen LogP contribution is 2.18. The summed E-state index contributed by atoms with van der Waals surface area (Å²) in [4.78, 5) is 13.6. The van der Waals surface area contributed by atoms with Gasteiger partial charge in [-0.05, 0) is 33.7 Å². The predicted octanol–water partition coefficient (Wildman–Crippen LogP) is -0.224. The first-order chi connectivity index (χ1) is 8.68. The minimum atomic E-state index is -2.88. The third-order valence-corrected chi connectivity index (χ3v) is 5.31. The molecule has 1 aliphatic rings. The lowest BCUT2D eigenvalue weighted by molar-refractivity contribution is -0.149. The molecule has 0 bridgehead atoms. The van der Waals surface area contributed by atoms with Crippen LogP contribution in [0.3, 0.4) is 0 Å². The maximum Gasteiger partial charge on any atom is 0.325 e. The Kier molecular flexibility index (Phi) is 5.34. The van der Waals surface area contributed by atoms with Crippen molar-refractivity contribution in [3.63, 3.8) is 0 Å². The molecule has 0 aromatic rings. The van der Waals surface area contributed by atoms with E-state index in [0.29, 0.717) is 26.0 Å². The molecule has 1 saturated heterocycles. The van der Waals surface area contributed by atoms with E-state index in [1.807, 2.05) is 11.9 Å². The Morgan fingerprint density at radius 3 is 2.63 bits per heavy atom. The van der Waals surface area contributed by atoms with Crippen molar-refractivity contribution in [2.45, 2.75) is 38.3 Å². The first-order valence-corrected chi connectivity index (χ1v) is 8.37. The van der Waals surface area contributed by atoms with Crippen LogP contribution < -0.4 is 5.73 Å². The number of esters is 1. The summed E-state index contributed by atoms with van der Waals surface area (Å²) in [6, 6.07) is 0.0306. The minimum absolute atomic E-state index is 0.0306. The summed E-state index contributed by atoms with van der Waals surface area (Å²) in [7, 11) is -1.02. The second-order valence-electron chi connectivity index (χ2n) is 5.43. The average molecular weight is 292 g/mol. The van der Waals surface area contributed by atoms with Crippen molar-refractivity contribution in [1.29, 1.82) is 0 Å². The average Bonchev–Trinajstić information content (AvgIpc) is 2.67. The Labute approximate surface area is 115 Å². The van der Waals surface area contributed by atoms with Crippen LogP contribution in [-0.4, -0.2) is 62.6 Å². The monoisotopic (exact) mass is 292 g/mol. The molecule has 112 valence electrons. The fraction of sp³-hybridized carbons (Fsp3) is 0.917. The van der Waals surface area contributed by atoms with Gasteiger partial charge >= 0.3 is 5.97 Å². The zero-order chi connectivity index (χ0) is 14.7. The standard InChI is InChI=1S/C12H24N2O4S/c1-4-18-11(15)12(2,13)6-7-14(3)10-5-8-19(16,17)9-10/h10H,4-9,13H2,1-3H3. The van der Waals surface area contributed by atoms with Crippen LogP contribution in [-0.2, 0) is 19.4 Å². The van der Waals surface area contributed by atoms with Crippen LogP contribution in [0.5, 0.6) is 0 Å². The minimum Gasteiger partial charge on any atom is -0.465 e. The van der Waals surface area contributed by atoms with Crippen LogP contribution in [0.25, 0.3) is 0 Å². The second kappa shape index (κ2) is 6.19. The van der Waals surface area contributed by atoms with Gasteiger partial charge in [-0.15, -0.1) is 0 Å². The number of nitrogens with two attached hydrogens (primary N) is 1. The SMILES string of the molecule is CCOC(=O)C(C)(N)CCN(C)C1CCS(=O)(=O)C1. The van der Waals surface area contributed by atoms with Gasteiger partial charge in [0.05, 0.1) is 18.1 Å². The van der Waals surface area contributed by atoms with Crippen molar-refractivity contribution in [3.05, 3.63) is 0 Å². The molecule has 1 fully saturated rings. The van der Waals surface area contributed by atoms with E-state index in [2.05, 4.69) is 0 Å². The fourth-order valence-electron chi connectivity index (χ4n) is 2.11. The second-order valence-corrected chi connectivity index (χ2v) is 7.65. The van der Waals surface area contributed by atoms with Crippen LogP contribution >= 0.6 is 0 Å². The fourth-order valence-corrected chi connectivity index (χ4v) is 3.92. The van der Waals surface area contributed by atoms with Crippen molar-refractivity contribution in [2.75, 3.05) is 31.7 Å². The van der Waals surface area contributed by atoms with Crippen LogP contribution in [0.2, 0.25) is 0 Å². The van der Waals surface area contributed by atoms with E-state index in [0.717, 1.165) is 0 Å². The summed E-state index contributed by atoms with van der Waals surface area (Å²) in [5.74, 6) is 0.0340. The molecule has 6 nitrogen and oxygen atoms in total. The van der Waals surface area contributed by atoms with Crippen molar-refractivity contribution in [3.8, 4) is 0 Å². The number of rotatable bonds is 6. The molecule has 19 heavy (non-hydrogen) atoms. The number of hydrogen-bond acceptors (Lipinski definition) is 6. The maximum absolute atomic E-state index is 11.6. The number of carbonyl (C=O) groups is 1. The Morgan fingerprint density at radius 1 is 1.53 bits per heavy atom. The molecule has 0 radical (unpaired) electrons. The van der Waals surface area contributed by atoms with Gasteiger partial charge in [0.1, 0.15) is 5.54 Å². The van der Waals surface area contributed by atoms with Gasteiger partial charge in [0.25, 0.3) is 0 Å². The van der Waals surface area contributed by atoms with E-state index in [1.54, 1.807) is 13.8 Å². The molecule has 2 N–H and O–H groups in total. The topological polar surface area (TPSA) is 89.7 Å². The van der Waals surface area contributed by atoms with Gasteiger partial charge in [-0.1, -0.05) is 0 Å². The quantitative estimate of drug-likeness (QED) is 0.681. The van der Waals surface area contributed by atoms with E-state index >= 15 is 0 Å². The first kappa shape index (κ1) is 16.4. The smallest absolute Gasteiger partial charge is 0.325 e. The van der Waals surface area contributed by atoms with Crippen LogP contribution in [0.15, 0.2) is 0 Å². The zero-order valence-corrected chi connectivity index (χ0v) is 12.7. The molecule has 0 aliphatic carbocycles. The van der Waals surface area contributed by atoms with Gasteiger partial charge in [0.2, 0.25) is 0 Å². The van der Waals surface area contributed by atoms with E-state index < -0.39 is 21.3 Å². The zero-order valence-electron chi connectivity index (χ0n) is 11.9. The summed E-state index contributed by atoms with van der Waals surface area (Å²) >= 11 is 0. The van der Waals surface area contributed by atoms with Gasteiger partial charge < -0.3 is 15.4 Å². The summed E-state index contributed by atoms with van der Waals surface area (Å²) < 4.78 is 27.7. The summed E-state index contributed by atoms with van der Waals surface area (Å²) in [6.45, 7) is 4.27. The maximum atomic E-state index is 11.6. The Hall–Kier alpha value is -0.660. The van der Waals surface area contributed by atoms with Gasteiger partial charge in [0, 0.05) is 12.6 Å². The third kappa shape index (κ3) is 4.74. The lowest BCUT2D eigenvalue weighted by atomic mass is 9.99. The van der Waals surface area contributed by atoms with E-state index in [4.69, 9.17) is 10.5 Å². The number of sulfone groups is 1. The van der Waals surface area contributed by atoms with Crippen molar-refractivity contribution >= 4 is 15.8 Å². The lowest BCUT2D eigenvalue weighted by Crippen LogP contribution is -2.49. The lowest BCUT2D eigenvalue weighted by Gasteiger charge is -2.28. The Morgan fingerprint density at radius 2 is 2.16 bits per heavy atom. The van der Waals surface area contributed by atoms with Crippen LogP contribution in [0, 0.1) is 0 Å². The van der Waals surface area contributed by atoms with Gasteiger partial charge in [-0.3, -0.25) is 4.79 Å². The normalized spacial score (nSPS) is 25.2. The Bertz CT molecular complexity index is 419. The molecule has 1 rings (SSSR count). The Balaban J connectivity index is 2.46. The molecule has 0 aromatic carbocycles. The third-order valence-electron chi connectivity index (χ3n) is 3.56. The van der Waals surface area contributed by atoms with E-state index in [-0.39, 0.29) is 17.5 Å². The van der Waals surface area contributed by atoms with E-state index in [9.17, 15) is 13.2 Å².